The molecule has 0 aliphatic heterocycles. The summed E-state index contributed by atoms with van der Waals surface area (Å²) in [6, 6.07) is 8.67. The van der Waals surface area contributed by atoms with Gasteiger partial charge in [-0.2, -0.15) is 0 Å². The molecule has 8 heteroatoms. The molecule has 0 saturated heterocycles. The van der Waals surface area contributed by atoms with E-state index in [0.29, 0.717) is 5.75 Å². The van der Waals surface area contributed by atoms with Crippen molar-refractivity contribution in [3.8, 4) is 11.5 Å². The standard InChI is InChI=1S/C16H17NO6S/c1-10-4-6-15(23-3)13(8-10)17-24(20,21)11-5-7-14(22-2)12(9-11)16(18)19/h4-9,17H,1-3H3,(H,18,19). The molecular weight excluding hydrogens is 334 g/mol. The Morgan fingerprint density at radius 2 is 1.67 bits per heavy atom. The van der Waals surface area contributed by atoms with Gasteiger partial charge in [0.2, 0.25) is 0 Å². The average molecular weight is 351 g/mol. The first-order chi connectivity index (χ1) is 11.3. The molecule has 0 radical (unpaired) electrons. The molecule has 0 saturated carbocycles. The average Bonchev–Trinajstić information content (AvgIpc) is 2.54. The molecule has 0 aliphatic rings. The minimum atomic E-state index is -3.99. The maximum atomic E-state index is 12.6. The fourth-order valence-electron chi connectivity index (χ4n) is 2.13. The Balaban J connectivity index is 2.47. The molecule has 2 N–H and O–H groups in total. The highest BCUT2D eigenvalue weighted by atomic mass is 32.2. The normalized spacial score (nSPS) is 11.0. The fraction of sp³-hybridized carbons (Fsp3) is 0.188. The summed E-state index contributed by atoms with van der Waals surface area (Å²) in [5.74, 6) is -0.845. The van der Waals surface area contributed by atoms with E-state index in [1.54, 1.807) is 18.2 Å². The van der Waals surface area contributed by atoms with E-state index in [-0.39, 0.29) is 21.9 Å². The van der Waals surface area contributed by atoms with Crippen LogP contribution < -0.4 is 14.2 Å². The van der Waals surface area contributed by atoms with Crippen LogP contribution >= 0.6 is 0 Å². The van der Waals surface area contributed by atoms with Crippen LogP contribution in [0.5, 0.6) is 11.5 Å². The van der Waals surface area contributed by atoms with Crippen LogP contribution in [0.15, 0.2) is 41.3 Å². The van der Waals surface area contributed by atoms with Gasteiger partial charge in [0.1, 0.15) is 17.1 Å². The predicted octanol–water partition coefficient (Wildman–Crippen LogP) is 2.51. The Morgan fingerprint density at radius 3 is 2.25 bits per heavy atom. The fourth-order valence-corrected chi connectivity index (χ4v) is 3.21. The summed E-state index contributed by atoms with van der Waals surface area (Å²) in [7, 11) is -1.25. The van der Waals surface area contributed by atoms with Crippen LogP contribution in [-0.4, -0.2) is 33.7 Å². The number of carboxylic acid groups (broad SMARTS) is 1. The lowest BCUT2D eigenvalue weighted by Crippen LogP contribution is -2.15. The molecule has 0 unspecified atom stereocenters. The van der Waals surface area contributed by atoms with E-state index in [2.05, 4.69) is 4.72 Å². The number of nitrogens with one attached hydrogen (secondary N) is 1. The number of methoxy groups -OCH3 is 2. The maximum absolute atomic E-state index is 12.6. The van der Waals surface area contributed by atoms with Crippen molar-refractivity contribution in [2.75, 3.05) is 18.9 Å². The van der Waals surface area contributed by atoms with Crippen molar-refractivity contribution in [1.82, 2.24) is 0 Å². The Hall–Kier alpha value is -2.74. The molecule has 2 aromatic carbocycles. The minimum absolute atomic E-state index is 0.0783. The van der Waals surface area contributed by atoms with Crippen molar-refractivity contribution in [1.29, 1.82) is 0 Å². The molecule has 0 fully saturated rings. The van der Waals surface area contributed by atoms with Crippen molar-refractivity contribution in [3.05, 3.63) is 47.5 Å². The maximum Gasteiger partial charge on any atom is 0.339 e. The van der Waals surface area contributed by atoms with Gasteiger partial charge in [-0.25, -0.2) is 13.2 Å². The Bertz CT molecular complexity index is 876. The highest BCUT2D eigenvalue weighted by Crippen LogP contribution is 2.29. The van der Waals surface area contributed by atoms with Gasteiger partial charge < -0.3 is 14.6 Å². The molecule has 0 heterocycles. The summed E-state index contributed by atoms with van der Waals surface area (Å²) in [6.45, 7) is 1.81. The van der Waals surface area contributed by atoms with Crippen LogP contribution in [0.25, 0.3) is 0 Å². The molecule has 0 atom stereocenters. The van der Waals surface area contributed by atoms with Gasteiger partial charge >= 0.3 is 5.97 Å². The van der Waals surface area contributed by atoms with Gasteiger partial charge in [-0.05, 0) is 42.8 Å². The lowest BCUT2D eigenvalue weighted by Gasteiger charge is -2.13. The third-order valence-electron chi connectivity index (χ3n) is 3.31. The summed E-state index contributed by atoms with van der Waals surface area (Å²) in [6.07, 6.45) is 0. The van der Waals surface area contributed by atoms with Crippen LogP contribution in [0.1, 0.15) is 15.9 Å². The SMILES string of the molecule is COc1ccc(C)cc1NS(=O)(=O)c1ccc(OC)c(C(=O)O)c1. The number of carbonyl (C=O) groups is 1. The number of hydrogen-bond acceptors (Lipinski definition) is 5. The monoisotopic (exact) mass is 351 g/mol. The lowest BCUT2D eigenvalue weighted by atomic mass is 10.2. The zero-order valence-electron chi connectivity index (χ0n) is 13.4. The van der Waals surface area contributed by atoms with Crippen molar-refractivity contribution in [3.63, 3.8) is 0 Å². The Kier molecular flexibility index (Phi) is 4.99. The van der Waals surface area contributed by atoms with E-state index in [0.717, 1.165) is 11.6 Å². The van der Waals surface area contributed by atoms with Crippen molar-refractivity contribution >= 4 is 21.7 Å². The van der Waals surface area contributed by atoms with E-state index in [1.807, 2.05) is 6.92 Å². The number of aryl methyl sites for hydroxylation is 1. The van der Waals surface area contributed by atoms with Crippen LogP contribution in [0.2, 0.25) is 0 Å². The number of hydrogen-bond donors (Lipinski definition) is 2. The second-order valence-corrected chi connectivity index (χ2v) is 6.66. The van der Waals surface area contributed by atoms with E-state index in [4.69, 9.17) is 9.47 Å². The molecule has 0 bridgehead atoms. The highest BCUT2D eigenvalue weighted by molar-refractivity contribution is 7.92. The number of aromatic carboxylic acids is 1. The number of sulfonamides is 1. The lowest BCUT2D eigenvalue weighted by molar-refractivity contribution is 0.0693. The molecule has 7 nitrogen and oxygen atoms in total. The smallest absolute Gasteiger partial charge is 0.339 e. The summed E-state index contributed by atoms with van der Waals surface area (Å²) < 4.78 is 37.6. The first-order valence-electron chi connectivity index (χ1n) is 6.87. The molecular formula is C16H17NO6S. The van der Waals surface area contributed by atoms with Gasteiger partial charge in [0.15, 0.2) is 0 Å². The van der Waals surface area contributed by atoms with Crippen molar-refractivity contribution in [2.24, 2.45) is 0 Å². The van der Waals surface area contributed by atoms with Crippen molar-refractivity contribution in [2.45, 2.75) is 11.8 Å². The van der Waals surface area contributed by atoms with E-state index in [9.17, 15) is 18.3 Å². The number of carboxylic acids is 1. The predicted molar refractivity (Wildman–Crippen MR) is 88.5 cm³/mol. The number of rotatable bonds is 6. The molecule has 2 aromatic rings. The first-order valence-corrected chi connectivity index (χ1v) is 8.35. The van der Waals surface area contributed by atoms with Gasteiger partial charge in [-0.1, -0.05) is 6.07 Å². The molecule has 0 aliphatic carbocycles. The van der Waals surface area contributed by atoms with Crippen LogP contribution in [0.4, 0.5) is 5.69 Å². The van der Waals surface area contributed by atoms with Gasteiger partial charge in [-0.3, -0.25) is 4.72 Å². The van der Waals surface area contributed by atoms with Crippen LogP contribution in [0.3, 0.4) is 0 Å². The topological polar surface area (TPSA) is 102 Å². The molecule has 128 valence electrons. The second-order valence-electron chi connectivity index (χ2n) is 4.98. The van der Waals surface area contributed by atoms with Gasteiger partial charge in [0.05, 0.1) is 24.8 Å². The van der Waals surface area contributed by atoms with E-state index in [1.165, 1.54) is 26.4 Å². The summed E-state index contributed by atoms with van der Waals surface area (Å²) >= 11 is 0. The first kappa shape index (κ1) is 17.6. The van der Waals surface area contributed by atoms with Crippen molar-refractivity contribution < 1.29 is 27.8 Å². The van der Waals surface area contributed by atoms with Crippen LogP contribution in [0, 0.1) is 6.92 Å². The summed E-state index contributed by atoms with van der Waals surface area (Å²) in [4.78, 5) is 11.1. The molecule has 24 heavy (non-hydrogen) atoms. The molecule has 2 rings (SSSR count). The van der Waals surface area contributed by atoms with Gasteiger partial charge in [0, 0.05) is 0 Å². The molecule has 0 amide bonds. The summed E-state index contributed by atoms with van der Waals surface area (Å²) in [5.41, 5.74) is 0.872. The second kappa shape index (κ2) is 6.79. The van der Waals surface area contributed by atoms with Gasteiger partial charge in [-0.15, -0.1) is 0 Å². The molecule has 0 aromatic heterocycles. The Labute approximate surface area is 139 Å². The summed E-state index contributed by atoms with van der Waals surface area (Å²) in [5, 5.41) is 9.18. The zero-order chi connectivity index (χ0) is 17.9. The third kappa shape index (κ3) is 3.60. The minimum Gasteiger partial charge on any atom is -0.496 e. The van der Waals surface area contributed by atoms with Gasteiger partial charge in [0.25, 0.3) is 10.0 Å². The number of ether oxygens (including phenoxy) is 2. The van der Waals surface area contributed by atoms with Crippen LogP contribution in [-0.2, 0) is 10.0 Å². The van der Waals surface area contributed by atoms with E-state index < -0.39 is 16.0 Å². The molecule has 0 spiro atoms. The number of anilines is 1. The quantitative estimate of drug-likeness (QED) is 0.829. The van der Waals surface area contributed by atoms with E-state index >= 15 is 0 Å². The Morgan fingerprint density at radius 1 is 1.04 bits per heavy atom. The number of benzene rings is 2. The third-order valence-corrected chi connectivity index (χ3v) is 4.67. The zero-order valence-corrected chi connectivity index (χ0v) is 14.2. The highest BCUT2D eigenvalue weighted by Gasteiger charge is 2.21. The largest absolute Gasteiger partial charge is 0.496 e.